The highest BCUT2D eigenvalue weighted by Gasteiger charge is 2.36. The Hall–Kier alpha value is -3.47. The fraction of sp³-hybridized carbons (Fsp3) is 0.406. The van der Waals surface area contributed by atoms with E-state index in [9.17, 15) is 14.7 Å². The van der Waals surface area contributed by atoms with Crippen LogP contribution in [0.3, 0.4) is 0 Å². The number of hydrogen-bond acceptors (Lipinski definition) is 3. The topological polar surface area (TPSA) is 79.3 Å². The van der Waals surface area contributed by atoms with Crippen molar-refractivity contribution in [3.63, 3.8) is 0 Å². The molecular formula is C32H36N2O3. The molecule has 2 fully saturated rings. The Morgan fingerprint density at radius 2 is 1.68 bits per heavy atom. The Morgan fingerprint density at radius 1 is 0.946 bits per heavy atom. The molecule has 1 aromatic heterocycles. The number of carboxylic acid groups (broad SMARTS) is 1. The molecule has 2 unspecified atom stereocenters. The summed E-state index contributed by atoms with van der Waals surface area (Å²) in [5.74, 6) is -0.206. The summed E-state index contributed by atoms with van der Waals surface area (Å²) in [6.45, 7) is 4.05. The number of pyridine rings is 1. The first-order chi connectivity index (χ1) is 17.9. The minimum absolute atomic E-state index is 0.00337. The molecule has 5 rings (SSSR count). The molecule has 1 amide bonds. The maximum Gasteiger partial charge on any atom is 0.303 e. The van der Waals surface area contributed by atoms with Crippen LogP contribution in [-0.2, 0) is 9.59 Å². The number of carboxylic acids is 1. The molecule has 2 aromatic carbocycles. The van der Waals surface area contributed by atoms with Gasteiger partial charge in [0.1, 0.15) is 0 Å². The van der Waals surface area contributed by atoms with Crippen molar-refractivity contribution in [3.05, 3.63) is 83.2 Å². The maximum absolute atomic E-state index is 13.8. The Labute approximate surface area is 219 Å². The summed E-state index contributed by atoms with van der Waals surface area (Å²) in [6.07, 6.45) is 10.5. The van der Waals surface area contributed by atoms with E-state index in [2.05, 4.69) is 40.6 Å². The normalized spacial score (nSPS) is 17.4. The van der Waals surface area contributed by atoms with Crippen molar-refractivity contribution < 1.29 is 14.7 Å². The van der Waals surface area contributed by atoms with Gasteiger partial charge in [0.2, 0.25) is 5.91 Å². The highest BCUT2D eigenvalue weighted by Crippen LogP contribution is 2.46. The van der Waals surface area contributed by atoms with Crippen molar-refractivity contribution >= 4 is 17.6 Å². The van der Waals surface area contributed by atoms with Gasteiger partial charge in [-0.15, -0.1) is 0 Å². The predicted molar refractivity (Wildman–Crippen MR) is 147 cm³/mol. The number of rotatable bonds is 9. The van der Waals surface area contributed by atoms with Crippen molar-refractivity contribution in [2.45, 2.75) is 70.6 Å². The van der Waals surface area contributed by atoms with Gasteiger partial charge in [-0.25, -0.2) is 0 Å². The van der Waals surface area contributed by atoms with Crippen molar-refractivity contribution in [1.29, 1.82) is 0 Å². The van der Waals surface area contributed by atoms with E-state index in [4.69, 9.17) is 0 Å². The van der Waals surface area contributed by atoms with Gasteiger partial charge < -0.3 is 10.4 Å². The second-order valence-corrected chi connectivity index (χ2v) is 10.9. The van der Waals surface area contributed by atoms with Crippen LogP contribution in [-0.4, -0.2) is 22.0 Å². The molecule has 37 heavy (non-hydrogen) atoms. The molecular weight excluding hydrogens is 460 g/mol. The number of nitrogens with zero attached hydrogens (tertiary/aromatic N) is 1. The molecule has 0 saturated heterocycles. The number of anilines is 1. The molecule has 2 aliphatic carbocycles. The van der Waals surface area contributed by atoms with Crippen molar-refractivity contribution in [2.75, 3.05) is 5.32 Å². The van der Waals surface area contributed by atoms with E-state index >= 15 is 0 Å². The zero-order valence-electron chi connectivity index (χ0n) is 21.7. The first-order valence-corrected chi connectivity index (χ1v) is 13.5. The number of carbonyl (C=O) groups is 2. The van der Waals surface area contributed by atoms with Crippen LogP contribution in [0.5, 0.6) is 0 Å². The van der Waals surface area contributed by atoms with Crippen molar-refractivity contribution in [3.8, 4) is 11.1 Å². The van der Waals surface area contributed by atoms with Crippen LogP contribution < -0.4 is 5.32 Å². The quantitative estimate of drug-likeness (QED) is 0.327. The maximum atomic E-state index is 13.8. The van der Waals surface area contributed by atoms with Crippen LogP contribution in [0.25, 0.3) is 11.1 Å². The van der Waals surface area contributed by atoms with Gasteiger partial charge >= 0.3 is 5.97 Å². The van der Waals surface area contributed by atoms with Crippen LogP contribution in [0.1, 0.15) is 79.0 Å². The predicted octanol–water partition coefficient (Wildman–Crippen LogP) is 7.25. The molecule has 2 atom stereocenters. The van der Waals surface area contributed by atoms with Gasteiger partial charge in [-0.05, 0) is 97.2 Å². The lowest BCUT2D eigenvalue weighted by atomic mass is 9.83. The number of aliphatic carboxylic acids is 1. The SMILES string of the molecule is Cc1cncc(-c2ccc(C(C(=O)Nc3cccc(C(CC(=O)O)C4CC4)c3C)C3CCCC3)cc2)c1. The van der Waals surface area contributed by atoms with Crippen molar-refractivity contribution in [2.24, 2.45) is 11.8 Å². The molecule has 0 aliphatic heterocycles. The molecule has 192 valence electrons. The summed E-state index contributed by atoms with van der Waals surface area (Å²) in [5, 5.41) is 12.7. The second kappa shape index (κ2) is 10.9. The number of nitrogens with one attached hydrogen (secondary N) is 1. The average molecular weight is 497 g/mol. The van der Waals surface area contributed by atoms with Gasteiger partial charge in [-0.2, -0.15) is 0 Å². The Bertz CT molecular complexity index is 1270. The standard InChI is InChI=1S/C32H36N2O3/c1-20-16-26(19-33-18-20)22-10-14-25(15-11-22)31(24-6-3-4-7-24)32(37)34-29-9-5-8-27(21(29)2)28(17-30(35)36)23-12-13-23/h5,8-11,14-16,18-19,23-24,28,31H,3-4,6-7,12-13,17H2,1-2H3,(H,34,37)(H,35,36). The lowest BCUT2D eigenvalue weighted by Gasteiger charge is -2.25. The molecule has 5 heteroatoms. The molecule has 0 radical (unpaired) electrons. The van der Waals surface area contributed by atoms with Gasteiger partial charge in [-0.3, -0.25) is 14.6 Å². The Kier molecular flexibility index (Phi) is 7.40. The molecule has 1 heterocycles. The number of aryl methyl sites for hydroxylation is 1. The molecule has 2 saturated carbocycles. The zero-order chi connectivity index (χ0) is 25.9. The van der Waals surface area contributed by atoms with E-state index in [1.54, 1.807) is 0 Å². The van der Waals surface area contributed by atoms with Crippen molar-refractivity contribution in [1.82, 2.24) is 4.98 Å². The third-order valence-electron chi connectivity index (χ3n) is 8.25. The lowest BCUT2D eigenvalue weighted by molar-refractivity contribution is -0.137. The first kappa shape index (κ1) is 25.2. The van der Waals surface area contributed by atoms with E-state index in [0.29, 0.717) is 11.8 Å². The molecule has 0 spiro atoms. The molecule has 3 aromatic rings. The van der Waals surface area contributed by atoms with Gasteiger partial charge in [0.15, 0.2) is 0 Å². The summed E-state index contributed by atoms with van der Waals surface area (Å²) < 4.78 is 0. The minimum atomic E-state index is -0.767. The van der Waals surface area contributed by atoms with Crippen LogP contribution >= 0.6 is 0 Å². The minimum Gasteiger partial charge on any atom is -0.481 e. The fourth-order valence-electron chi connectivity index (χ4n) is 6.14. The Morgan fingerprint density at radius 3 is 2.32 bits per heavy atom. The average Bonchev–Trinajstić information content (AvgIpc) is 3.59. The number of amides is 1. The smallest absolute Gasteiger partial charge is 0.303 e. The van der Waals surface area contributed by atoms with Gasteiger partial charge in [0.05, 0.1) is 12.3 Å². The lowest BCUT2D eigenvalue weighted by Crippen LogP contribution is -2.27. The molecule has 2 aliphatic rings. The van der Waals surface area contributed by atoms with Gasteiger partial charge in [-0.1, -0.05) is 49.2 Å². The molecule has 2 N–H and O–H groups in total. The molecule has 0 bridgehead atoms. The number of hydrogen-bond donors (Lipinski definition) is 2. The third kappa shape index (κ3) is 5.76. The second-order valence-electron chi connectivity index (χ2n) is 10.9. The van der Waals surface area contributed by atoms with E-state index in [1.165, 1.54) is 0 Å². The largest absolute Gasteiger partial charge is 0.481 e. The highest BCUT2D eigenvalue weighted by atomic mass is 16.4. The highest BCUT2D eigenvalue weighted by molar-refractivity contribution is 5.97. The summed E-state index contributed by atoms with van der Waals surface area (Å²) in [4.78, 5) is 29.7. The summed E-state index contributed by atoms with van der Waals surface area (Å²) in [6, 6.07) is 16.4. The molecule has 5 nitrogen and oxygen atoms in total. The Balaban J connectivity index is 1.40. The van der Waals surface area contributed by atoms with E-state index in [0.717, 1.165) is 77.6 Å². The summed E-state index contributed by atoms with van der Waals surface area (Å²) in [5.41, 5.74) is 7.17. The van der Waals surface area contributed by atoms with Crippen LogP contribution in [0.15, 0.2) is 60.9 Å². The van der Waals surface area contributed by atoms with E-state index in [-0.39, 0.29) is 24.2 Å². The van der Waals surface area contributed by atoms with Gasteiger partial charge in [0.25, 0.3) is 0 Å². The zero-order valence-corrected chi connectivity index (χ0v) is 21.7. The number of benzene rings is 2. The van der Waals surface area contributed by atoms with Gasteiger partial charge in [0, 0.05) is 23.6 Å². The van der Waals surface area contributed by atoms with E-state index in [1.807, 2.05) is 44.4 Å². The van der Waals surface area contributed by atoms with E-state index < -0.39 is 5.97 Å². The summed E-state index contributed by atoms with van der Waals surface area (Å²) in [7, 11) is 0. The number of aromatic nitrogens is 1. The third-order valence-corrected chi connectivity index (χ3v) is 8.25. The monoisotopic (exact) mass is 496 g/mol. The van der Waals surface area contributed by atoms with Crippen LogP contribution in [0.2, 0.25) is 0 Å². The van der Waals surface area contributed by atoms with Crippen LogP contribution in [0.4, 0.5) is 5.69 Å². The number of carbonyl (C=O) groups excluding carboxylic acids is 1. The summed E-state index contributed by atoms with van der Waals surface area (Å²) >= 11 is 0. The first-order valence-electron chi connectivity index (χ1n) is 13.5. The fourth-order valence-corrected chi connectivity index (χ4v) is 6.14. The van der Waals surface area contributed by atoms with Crippen LogP contribution in [0, 0.1) is 25.7 Å².